The zero-order valence-electron chi connectivity index (χ0n) is 11.1. The molecular weight excluding hydrogens is 319 g/mol. The molecule has 5 nitrogen and oxygen atoms in total. The number of carbonyl (C=O) groups excluding carboxylic acids is 2. The van der Waals surface area contributed by atoms with Crippen molar-refractivity contribution < 1.29 is 18.7 Å². The molecule has 0 aliphatic heterocycles. The zero-order chi connectivity index (χ0) is 15.6. The minimum absolute atomic E-state index is 0.0449. The molecule has 110 valence electrons. The average Bonchev–Trinajstić information content (AvgIpc) is 2.86. The second kappa shape index (κ2) is 6.19. The lowest BCUT2D eigenvalue weighted by Gasteiger charge is -2.03. The van der Waals surface area contributed by atoms with E-state index >= 15 is 0 Å². The maximum absolute atomic E-state index is 13.1. The number of thiazole rings is 1. The summed E-state index contributed by atoms with van der Waals surface area (Å²) in [6, 6.07) is 4.04. The molecule has 2 rings (SSSR count). The molecule has 2 aromatic rings. The third-order valence-corrected chi connectivity index (χ3v) is 3.86. The molecule has 1 aromatic heterocycles. The number of carbonyl (C=O) groups is 2. The zero-order valence-corrected chi connectivity index (χ0v) is 12.6. The minimum atomic E-state index is -0.693. The minimum Gasteiger partial charge on any atom is -0.464 e. The van der Waals surface area contributed by atoms with Gasteiger partial charge in [-0.3, -0.25) is 4.79 Å². The number of anilines is 2. The predicted octanol–water partition coefficient (Wildman–Crippen LogP) is 3.67. The van der Waals surface area contributed by atoms with Crippen LogP contribution in [0.1, 0.15) is 27.1 Å². The van der Waals surface area contributed by atoms with Crippen LogP contribution in [0, 0.1) is 5.82 Å². The van der Waals surface area contributed by atoms with Crippen molar-refractivity contribution in [3.8, 4) is 0 Å². The van der Waals surface area contributed by atoms with Crippen molar-refractivity contribution in [3.63, 3.8) is 0 Å². The van der Waals surface area contributed by atoms with Crippen molar-refractivity contribution in [1.29, 1.82) is 0 Å². The number of aromatic nitrogens is 1. The first kappa shape index (κ1) is 15.4. The van der Waals surface area contributed by atoms with Gasteiger partial charge in [0.05, 0.1) is 12.1 Å². The van der Waals surface area contributed by atoms with Crippen molar-refractivity contribution in [2.45, 2.75) is 6.92 Å². The highest BCUT2D eigenvalue weighted by atomic mass is 35.5. The van der Waals surface area contributed by atoms with Gasteiger partial charge in [-0.2, -0.15) is 0 Å². The number of nitrogens with one attached hydrogen (secondary N) is 1. The van der Waals surface area contributed by atoms with E-state index in [1.165, 1.54) is 32.2 Å². The predicted molar refractivity (Wildman–Crippen MR) is 78.2 cm³/mol. The van der Waals surface area contributed by atoms with Gasteiger partial charge < -0.3 is 10.1 Å². The van der Waals surface area contributed by atoms with E-state index < -0.39 is 11.8 Å². The third-order valence-electron chi connectivity index (χ3n) is 2.50. The fourth-order valence-corrected chi connectivity index (χ4v) is 2.59. The van der Waals surface area contributed by atoms with Crippen LogP contribution in [0.15, 0.2) is 18.2 Å². The number of ether oxygens (including phenoxy) is 1. The molecule has 0 atom stereocenters. The summed E-state index contributed by atoms with van der Waals surface area (Å²) in [7, 11) is 1.21. The number of nitrogens with zero attached hydrogens (tertiary/aromatic N) is 1. The van der Waals surface area contributed by atoms with Gasteiger partial charge in [-0.05, 0) is 18.2 Å². The fraction of sp³-hybridized carbons (Fsp3) is 0.154. The van der Waals surface area contributed by atoms with Gasteiger partial charge in [0, 0.05) is 12.6 Å². The lowest BCUT2D eigenvalue weighted by atomic mass is 10.3. The monoisotopic (exact) mass is 328 g/mol. The quantitative estimate of drug-likeness (QED) is 0.685. The van der Waals surface area contributed by atoms with Crippen LogP contribution < -0.4 is 5.32 Å². The van der Waals surface area contributed by atoms with E-state index in [0.717, 1.165) is 11.3 Å². The van der Waals surface area contributed by atoms with Crippen molar-refractivity contribution >= 4 is 45.5 Å². The van der Waals surface area contributed by atoms with Crippen LogP contribution in [0.5, 0.6) is 0 Å². The van der Waals surface area contributed by atoms with Crippen molar-refractivity contribution in [2.75, 3.05) is 12.4 Å². The summed E-state index contributed by atoms with van der Waals surface area (Å²) in [6.07, 6.45) is 0. The van der Waals surface area contributed by atoms with Crippen LogP contribution in [0.25, 0.3) is 0 Å². The van der Waals surface area contributed by atoms with Crippen LogP contribution in [0.2, 0.25) is 5.02 Å². The Morgan fingerprint density at radius 3 is 2.71 bits per heavy atom. The number of benzene rings is 1. The number of Topliss-reactive ketones (excluding diaryl/α,β-unsaturated/α-hetero) is 1. The fourth-order valence-electron chi connectivity index (χ4n) is 1.54. The molecule has 1 N–H and O–H groups in total. The van der Waals surface area contributed by atoms with Crippen molar-refractivity contribution in [2.24, 2.45) is 0 Å². The summed E-state index contributed by atoms with van der Waals surface area (Å²) in [4.78, 5) is 27.3. The first-order chi connectivity index (χ1) is 9.92. The SMILES string of the molecule is COC(=O)c1nc(Nc2ccc(F)c(Cl)c2)sc1C(C)=O. The Morgan fingerprint density at radius 2 is 2.14 bits per heavy atom. The van der Waals surface area contributed by atoms with Crippen LogP contribution in [-0.4, -0.2) is 23.8 Å². The Hall–Kier alpha value is -1.99. The third kappa shape index (κ3) is 3.37. The molecule has 0 radical (unpaired) electrons. The molecule has 0 spiro atoms. The van der Waals surface area contributed by atoms with Gasteiger partial charge in [-0.15, -0.1) is 0 Å². The van der Waals surface area contributed by atoms with Crippen LogP contribution in [0.3, 0.4) is 0 Å². The van der Waals surface area contributed by atoms with Crippen molar-refractivity contribution in [1.82, 2.24) is 4.98 Å². The van der Waals surface area contributed by atoms with Gasteiger partial charge in [0.15, 0.2) is 16.6 Å². The lowest BCUT2D eigenvalue weighted by molar-refractivity contribution is 0.0591. The number of hydrogen-bond donors (Lipinski definition) is 1. The first-order valence-electron chi connectivity index (χ1n) is 5.74. The Bertz CT molecular complexity index is 717. The Balaban J connectivity index is 2.34. The topological polar surface area (TPSA) is 68.3 Å². The van der Waals surface area contributed by atoms with E-state index in [2.05, 4.69) is 15.0 Å². The maximum Gasteiger partial charge on any atom is 0.358 e. The van der Waals surface area contributed by atoms with E-state index in [0.29, 0.717) is 10.8 Å². The van der Waals surface area contributed by atoms with E-state index in [1.54, 1.807) is 0 Å². The molecule has 0 fully saturated rings. The van der Waals surface area contributed by atoms with Gasteiger partial charge in [-0.25, -0.2) is 14.2 Å². The van der Waals surface area contributed by atoms with Crippen molar-refractivity contribution in [3.05, 3.63) is 39.6 Å². The summed E-state index contributed by atoms with van der Waals surface area (Å²) in [5, 5.41) is 3.13. The second-order valence-electron chi connectivity index (χ2n) is 4.00. The number of ketones is 1. The molecule has 0 amide bonds. The summed E-state index contributed by atoms with van der Waals surface area (Å²) >= 11 is 6.69. The average molecular weight is 329 g/mol. The normalized spacial score (nSPS) is 10.3. The van der Waals surface area contributed by atoms with Gasteiger partial charge in [0.2, 0.25) is 0 Å². The molecule has 0 bridgehead atoms. The summed E-state index contributed by atoms with van der Waals surface area (Å²) in [6.45, 7) is 1.33. The van der Waals surface area contributed by atoms with Gasteiger partial charge in [0.25, 0.3) is 0 Å². The number of methoxy groups -OCH3 is 1. The Morgan fingerprint density at radius 1 is 1.43 bits per heavy atom. The van der Waals surface area contributed by atoms with Crippen LogP contribution >= 0.6 is 22.9 Å². The Kier molecular flexibility index (Phi) is 4.54. The molecular formula is C13H10ClFN2O3S. The number of hydrogen-bond acceptors (Lipinski definition) is 6. The van der Waals surface area contributed by atoms with Crippen LogP contribution in [0.4, 0.5) is 15.2 Å². The molecule has 21 heavy (non-hydrogen) atoms. The van der Waals surface area contributed by atoms with Gasteiger partial charge >= 0.3 is 5.97 Å². The maximum atomic E-state index is 13.1. The molecule has 1 heterocycles. The van der Waals surface area contributed by atoms with Gasteiger partial charge in [0.1, 0.15) is 10.7 Å². The standard InChI is InChI=1S/C13H10ClFN2O3S/c1-6(18)11-10(12(19)20-2)17-13(21-11)16-7-3-4-9(15)8(14)5-7/h3-5H,1-2H3,(H,16,17). The molecule has 8 heteroatoms. The van der Waals surface area contributed by atoms with E-state index in [1.807, 2.05) is 0 Å². The van der Waals surface area contributed by atoms with E-state index in [-0.39, 0.29) is 21.4 Å². The Labute approximate surface area is 128 Å². The molecule has 0 saturated carbocycles. The smallest absolute Gasteiger partial charge is 0.358 e. The largest absolute Gasteiger partial charge is 0.464 e. The second-order valence-corrected chi connectivity index (χ2v) is 5.40. The molecule has 0 saturated heterocycles. The summed E-state index contributed by atoms with van der Waals surface area (Å²) < 4.78 is 17.7. The molecule has 0 aliphatic carbocycles. The molecule has 1 aromatic carbocycles. The molecule has 0 aliphatic rings. The highest BCUT2D eigenvalue weighted by Crippen LogP contribution is 2.28. The van der Waals surface area contributed by atoms with E-state index in [4.69, 9.17) is 11.6 Å². The summed E-state index contributed by atoms with van der Waals surface area (Å²) in [5.74, 6) is -1.53. The van der Waals surface area contributed by atoms with E-state index in [9.17, 15) is 14.0 Å². The molecule has 0 unspecified atom stereocenters. The lowest BCUT2D eigenvalue weighted by Crippen LogP contribution is -2.07. The number of rotatable bonds is 4. The number of halogens is 2. The number of esters is 1. The highest BCUT2D eigenvalue weighted by Gasteiger charge is 2.21. The highest BCUT2D eigenvalue weighted by molar-refractivity contribution is 7.17. The van der Waals surface area contributed by atoms with Gasteiger partial charge in [-0.1, -0.05) is 22.9 Å². The first-order valence-corrected chi connectivity index (χ1v) is 6.94. The van der Waals surface area contributed by atoms with Crippen LogP contribution in [-0.2, 0) is 4.74 Å². The summed E-state index contributed by atoms with van der Waals surface area (Å²) in [5.41, 5.74) is 0.437.